The Hall–Kier alpha value is -3.80. The van der Waals surface area contributed by atoms with Crippen molar-refractivity contribution in [3.63, 3.8) is 0 Å². The lowest BCUT2D eigenvalue weighted by atomic mass is 10.1. The van der Waals surface area contributed by atoms with Crippen LogP contribution in [-0.2, 0) is 6.54 Å². The van der Waals surface area contributed by atoms with E-state index in [1.54, 1.807) is 12.3 Å². The van der Waals surface area contributed by atoms with Crippen molar-refractivity contribution < 1.29 is 13.6 Å². The summed E-state index contributed by atoms with van der Waals surface area (Å²) in [5, 5.41) is 4.97. The molecule has 0 aliphatic carbocycles. The van der Waals surface area contributed by atoms with Crippen LogP contribution in [0.25, 0.3) is 10.9 Å². The van der Waals surface area contributed by atoms with Gasteiger partial charge in [0.05, 0.1) is 6.21 Å². The summed E-state index contributed by atoms with van der Waals surface area (Å²) in [6.45, 7) is 0.572. The largest absolute Gasteiger partial charge is 0.343 e. The van der Waals surface area contributed by atoms with E-state index in [-0.39, 0.29) is 5.82 Å². The first-order valence-electron chi connectivity index (χ1n) is 9.01. The van der Waals surface area contributed by atoms with E-state index >= 15 is 0 Å². The molecule has 1 N–H and O–H groups in total. The van der Waals surface area contributed by atoms with Gasteiger partial charge in [-0.2, -0.15) is 5.10 Å². The smallest absolute Gasteiger partial charge is 0.271 e. The number of carbonyl (C=O) groups is 1. The Balaban J connectivity index is 1.46. The van der Waals surface area contributed by atoms with Crippen LogP contribution in [0.15, 0.2) is 84.1 Å². The highest BCUT2D eigenvalue weighted by atomic mass is 19.1. The standard InChI is InChI=1S/C23H17F2N3O/c24-20-7-5-18(6-8-20)23(29)27-26-14-16-4-9-22-19(12-16)10-11-28(22)15-17-2-1-3-21(25)13-17/h1-14H,15H2,(H,27,29)/b26-14+. The quantitative estimate of drug-likeness (QED) is 0.389. The van der Waals surface area contributed by atoms with Crippen molar-refractivity contribution >= 4 is 23.0 Å². The molecule has 0 spiro atoms. The molecule has 1 aromatic heterocycles. The summed E-state index contributed by atoms with van der Waals surface area (Å²) in [4.78, 5) is 12.0. The fourth-order valence-electron chi connectivity index (χ4n) is 3.10. The molecule has 1 heterocycles. The molecule has 0 unspecified atom stereocenters. The molecule has 4 aromatic rings. The van der Waals surface area contributed by atoms with Crippen LogP contribution in [0, 0.1) is 11.6 Å². The topological polar surface area (TPSA) is 46.4 Å². The summed E-state index contributed by atoms with van der Waals surface area (Å²) in [6.07, 6.45) is 3.50. The Morgan fingerprint density at radius 1 is 0.966 bits per heavy atom. The number of hydrogen-bond donors (Lipinski definition) is 1. The number of benzene rings is 3. The minimum absolute atomic E-state index is 0.250. The molecule has 4 nitrogen and oxygen atoms in total. The fourth-order valence-corrected chi connectivity index (χ4v) is 3.10. The average molecular weight is 389 g/mol. The highest BCUT2D eigenvalue weighted by Crippen LogP contribution is 2.19. The van der Waals surface area contributed by atoms with E-state index in [2.05, 4.69) is 10.5 Å². The molecular formula is C23H17F2N3O. The first-order chi connectivity index (χ1) is 14.1. The van der Waals surface area contributed by atoms with Crippen LogP contribution >= 0.6 is 0 Å². The van der Waals surface area contributed by atoms with Gasteiger partial charge in [0.25, 0.3) is 5.91 Å². The number of nitrogens with one attached hydrogen (secondary N) is 1. The van der Waals surface area contributed by atoms with Gasteiger partial charge in [0.1, 0.15) is 11.6 Å². The number of aromatic nitrogens is 1. The minimum atomic E-state index is -0.413. The number of hydrogen-bond acceptors (Lipinski definition) is 2. The first kappa shape index (κ1) is 18.6. The maximum absolute atomic E-state index is 13.4. The second-order valence-electron chi connectivity index (χ2n) is 6.60. The van der Waals surface area contributed by atoms with Gasteiger partial charge in [0, 0.05) is 29.2 Å². The van der Waals surface area contributed by atoms with E-state index in [4.69, 9.17) is 0 Å². The molecule has 0 radical (unpaired) electrons. The predicted molar refractivity (Wildman–Crippen MR) is 109 cm³/mol. The first-order valence-corrected chi connectivity index (χ1v) is 9.01. The van der Waals surface area contributed by atoms with E-state index < -0.39 is 11.7 Å². The zero-order valence-corrected chi connectivity index (χ0v) is 15.3. The summed E-state index contributed by atoms with van der Waals surface area (Å²) in [6, 6.07) is 19.5. The highest BCUT2D eigenvalue weighted by molar-refractivity contribution is 5.95. The molecule has 4 rings (SSSR count). The lowest BCUT2D eigenvalue weighted by molar-refractivity contribution is 0.0955. The second kappa shape index (κ2) is 8.06. The van der Waals surface area contributed by atoms with E-state index in [0.717, 1.165) is 22.0 Å². The molecule has 29 heavy (non-hydrogen) atoms. The Labute approximate surface area is 166 Å². The van der Waals surface area contributed by atoms with Crippen molar-refractivity contribution in [2.75, 3.05) is 0 Å². The third-order valence-electron chi connectivity index (χ3n) is 4.52. The van der Waals surface area contributed by atoms with Crippen LogP contribution in [0.4, 0.5) is 8.78 Å². The van der Waals surface area contributed by atoms with E-state index in [1.807, 2.05) is 41.1 Å². The molecular weight excluding hydrogens is 372 g/mol. The van der Waals surface area contributed by atoms with Gasteiger partial charge in [0.15, 0.2) is 0 Å². The van der Waals surface area contributed by atoms with Crippen LogP contribution in [0.1, 0.15) is 21.5 Å². The lowest BCUT2D eigenvalue weighted by Gasteiger charge is -2.06. The van der Waals surface area contributed by atoms with Crippen molar-refractivity contribution in [2.45, 2.75) is 6.54 Å². The number of fused-ring (bicyclic) bond motifs is 1. The molecule has 0 fully saturated rings. The Kier molecular flexibility index (Phi) is 5.16. The Bertz CT molecular complexity index is 1200. The Morgan fingerprint density at radius 3 is 2.59 bits per heavy atom. The van der Waals surface area contributed by atoms with Gasteiger partial charge in [-0.25, -0.2) is 14.2 Å². The van der Waals surface area contributed by atoms with Crippen LogP contribution in [0.5, 0.6) is 0 Å². The van der Waals surface area contributed by atoms with E-state index in [0.29, 0.717) is 12.1 Å². The lowest BCUT2D eigenvalue weighted by Crippen LogP contribution is -2.17. The summed E-state index contributed by atoms with van der Waals surface area (Å²) in [5.74, 6) is -1.06. The number of carbonyl (C=O) groups excluding carboxylic acids is 1. The summed E-state index contributed by atoms with van der Waals surface area (Å²) >= 11 is 0. The van der Waals surface area contributed by atoms with Gasteiger partial charge in [-0.1, -0.05) is 18.2 Å². The second-order valence-corrected chi connectivity index (χ2v) is 6.60. The van der Waals surface area contributed by atoms with E-state index in [9.17, 15) is 13.6 Å². The van der Waals surface area contributed by atoms with Crippen molar-refractivity contribution in [2.24, 2.45) is 5.10 Å². The molecule has 0 aliphatic heterocycles. The number of nitrogens with zero attached hydrogens (tertiary/aromatic N) is 2. The third-order valence-corrected chi connectivity index (χ3v) is 4.52. The van der Waals surface area contributed by atoms with Crippen molar-refractivity contribution in [1.82, 2.24) is 9.99 Å². The molecule has 3 aromatic carbocycles. The zero-order valence-electron chi connectivity index (χ0n) is 15.3. The molecule has 0 bridgehead atoms. The normalized spacial score (nSPS) is 11.2. The van der Waals surface area contributed by atoms with Crippen LogP contribution in [0.3, 0.4) is 0 Å². The van der Waals surface area contributed by atoms with Gasteiger partial charge >= 0.3 is 0 Å². The molecule has 0 saturated carbocycles. The number of rotatable bonds is 5. The number of hydrazone groups is 1. The number of amides is 1. The maximum Gasteiger partial charge on any atom is 0.271 e. The van der Waals surface area contributed by atoms with Crippen molar-refractivity contribution in [1.29, 1.82) is 0 Å². The molecule has 144 valence electrons. The fraction of sp³-hybridized carbons (Fsp3) is 0.0435. The molecule has 0 saturated heterocycles. The minimum Gasteiger partial charge on any atom is -0.343 e. The van der Waals surface area contributed by atoms with Gasteiger partial charge in [-0.3, -0.25) is 4.79 Å². The van der Waals surface area contributed by atoms with Crippen LogP contribution < -0.4 is 5.43 Å². The molecule has 1 amide bonds. The van der Waals surface area contributed by atoms with Crippen molar-refractivity contribution in [3.05, 3.63) is 107 Å². The monoisotopic (exact) mass is 389 g/mol. The SMILES string of the molecule is O=C(N/N=C/c1ccc2c(ccn2Cc2cccc(F)c2)c1)c1ccc(F)cc1. The molecule has 0 aliphatic rings. The molecule has 0 atom stereocenters. The van der Waals surface area contributed by atoms with Crippen LogP contribution in [0.2, 0.25) is 0 Å². The van der Waals surface area contributed by atoms with Gasteiger partial charge in [-0.05, 0) is 65.7 Å². The molecule has 6 heteroatoms. The van der Waals surface area contributed by atoms with E-state index in [1.165, 1.54) is 36.4 Å². The average Bonchev–Trinajstić information content (AvgIpc) is 3.10. The van der Waals surface area contributed by atoms with Crippen LogP contribution in [-0.4, -0.2) is 16.7 Å². The summed E-state index contributed by atoms with van der Waals surface area (Å²) in [7, 11) is 0. The van der Waals surface area contributed by atoms with Crippen molar-refractivity contribution in [3.8, 4) is 0 Å². The van der Waals surface area contributed by atoms with Gasteiger partial charge in [0.2, 0.25) is 0 Å². The zero-order chi connectivity index (χ0) is 20.2. The number of halogens is 2. The summed E-state index contributed by atoms with van der Waals surface area (Å²) in [5.41, 5.74) is 5.47. The third kappa shape index (κ3) is 4.38. The predicted octanol–water partition coefficient (Wildman–Crippen LogP) is 4.73. The summed E-state index contributed by atoms with van der Waals surface area (Å²) < 4.78 is 28.3. The maximum atomic E-state index is 13.4. The van der Waals surface area contributed by atoms with Gasteiger partial charge in [-0.15, -0.1) is 0 Å². The Morgan fingerprint density at radius 2 is 1.79 bits per heavy atom. The van der Waals surface area contributed by atoms with Gasteiger partial charge < -0.3 is 4.57 Å². The highest BCUT2D eigenvalue weighted by Gasteiger charge is 2.05.